The van der Waals surface area contributed by atoms with Crippen LogP contribution in [-0.2, 0) is 11.3 Å². The van der Waals surface area contributed by atoms with Gasteiger partial charge in [0.15, 0.2) is 0 Å². The maximum atomic E-state index is 8.79. The number of aliphatic hydroxyl groups excluding tert-OH is 1. The van der Waals surface area contributed by atoms with Crippen molar-refractivity contribution in [2.24, 2.45) is 0 Å². The zero-order valence-electron chi connectivity index (χ0n) is 7.53. The van der Waals surface area contributed by atoms with Gasteiger partial charge in [-0.05, 0) is 6.07 Å². The highest BCUT2D eigenvalue weighted by molar-refractivity contribution is 5.24. The monoisotopic (exact) mass is 183 g/mol. The number of rotatable bonds is 5. The van der Waals surface area contributed by atoms with E-state index in [1.54, 1.807) is 19.4 Å². The molecule has 0 saturated heterocycles. The summed E-state index contributed by atoms with van der Waals surface area (Å²) in [6.45, 7) is 1.19. The van der Waals surface area contributed by atoms with Crippen molar-refractivity contribution in [2.75, 3.05) is 25.6 Å². The largest absolute Gasteiger partial charge is 0.390 e. The third-order valence-electron chi connectivity index (χ3n) is 1.46. The lowest BCUT2D eigenvalue weighted by atomic mass is 10.4. The van der Waals surface area contributed by atoms with Crippen LogP contribution in [0.25, 0.3) is 0 Å². The maximum Gasteiger partial charge on any atom is 0.223 e. The molecule has 1 aromatic heterocycles. The molecule has 2 N–H and O–H groups in total. The van der Waals surface area contributed by atoms with Gasteiger partial charge in [-0.25, -0.2) is 9.97 Å². The molecule has 1 heterocycles. The third-order valence-corrected chi connectivity index (χ3v) is 1.46. The van der Waals surface area contributed by atoms with Gasteiger partial charge in [0, 0.05) is 19.9 Å². The number of aromatic nitrogens is 2. The zero-order valence-corrected chi connectivity index (χ0v) is 7.53. The number of nitrogens with zero attached hydrogens (tertiary/aromatic N) is 2. The second-order valence-electron chi connectivity index (χ2n) is 2.45. The quantitative estimate of drug-likeness (QED) is 0.630. The lowest BCUT2D eigenvalue weighted by molar-refractivity contribution is 0.210. The van der Waals surface area contributed by atoms with Crippen LogP contribution in [-0.4, -0.2) is 35.3 Å². The summed E-state index contributed by atoms with van der Waals surface area (Å²) >= 11 is 0. The second kappa shape index (κ2) is 5.45. The van der Waals surface area contributed by atoms with Crippen LogP contribution >= 0.6 is 0 Å². The van der Waals surface area contributed by atoms with Gasteiger partial charge in [0.1, 0.15) is 0 Å². The zero-order chi connectivity index (χ0) is 9.52. The Balaban J connectivity index is 2.46. The van der Waals surface area contributed by atoms with Crippen molar-refractivity contribution in [3.05, 3.63) is 18.0 Å². The Morgan fingerprint density at radius 1 is 1.62 bits per heavy atom. The minimum absolute atomic E-state index is 0.0680. The first-order valence-corrected chi connectivity index (χ1v) is 4.02. The van der Waals surface area contributed by atoms with Crippen LogP contribution in [0.2, 0.25) is 0 Å². The average Bonchev–Trinajstić information content (AvgIpc) is 2.19. The van der Waals surface area contributed by atoms with Crippen LogP contribution < -0.4 is 5.32 Å². The third kappa shape index (κ3) is 3.35. The van der Waals surface area contributed by atoms with Crippen LogP contribution in [0.1, 0.15) is 5.69 Å². The number of ether oxygens (including phenoxy) is 1. The molecule has 0 atom stereocenters. The Bertz CT molecular complexity index is 255. The summed E-state index contributed by atoms with van der Waals surface area (Å²) in [4.78, 5) is 8.01. The minimum Gasteiger partial charge on any atom is -0.390 e. The van der Waals surface area contributed by atoms with E-state index in [0.29, 0.717) is 24.8 Å². The molecule has 0 saturated carbocycles. The minimum atomic E-state index is -0.0680. The normalized spacial score (nSPS) is 10.0. The lowest BCUT2D eigenvalue weighted by Gasteiger charge is -2.03. The van der Waals surface area contributed by atoms with E-state index in [1.165, 1.54) is 0 Å². The Morgan fingerprint density at radius 2 is 2.46 bits per heavy atom. The van der Waals surface area contributed by atoms with E-state index >= 15 is 0 Å². The van der Waals surface area contributed by atoms with Gasteiger partial charge in [-0.15, -0.1) is 0 Å². The SMILES string of the molecule is COCCNc1nccc(CO)n1. The van der Waals surface area contributed by atoms with Crippen molar-refractivity contribution in [1.82, 2.24) is 9.97 Å². The van der Waals surface area contributed by atoms with Crippen molar-refractivity contribution in [1.29, 1.82) is 0 Å². The highest BCUT2D eigenvalue weighted by atomic mass is 16.5. The number of nitrogens with one attached hydrogen (secondary N) is 1. The molecule has 1 aromatic rings. The molecule has 0 bridgehead atoms. The molecule has 0 fully saturated rings. The Hall–Kier alpha value is -1.20. The topological polar surface area (TPSA) is 67.3 Å². The van der Waals surface area contributed by atoms with Crippen molar-refractivity contribution < 1.29 is 9.84 Å². The van der Waals surface area contributed by atoms with Crippen molar-refractivity contribution in [3.8, 4) is 0 Å². The van der Waals surface area contributed by atoms with Gasteiger partial charge in [-0.3, -0.25) is 0 Å². The summed E-state index contributed by atoms with van der Waals surface area (Å²) in [5.41, 5.74) is 0.606. The van der Waals surface area contributed by atoms with E-state index in [0.717, 1.165) is 0 Å². The first kappa shape index (κ1) is 9.88. The van der Waals surface area contributed by atoms with Crippen LogP contribution in [0.15, 0.2) is 12.3 Å². The molecule has 0 aromatic carbocycles. The summed E-state index contributed by atoms with van der Waals surface area (Å²) in [5.74, 6) is 0.517. The Labute approximate surface area is 76.8 Å². The molecule has 1 rings (SSSR count). The fourth-order valence-corrected chi connectivity index (χ4v) is 0.834. The van der Waals surface area contributed by atoms with Gasteiger partial charge < -0.3 is 15.2 Å². The highest BCUT2D eigenvalue weighted by Crippen LogP contribution is 1.99. The van der Waals surface area contributed by atoms with Crippen molar-refractivity contribution >= 4 is 5.95 Å². The molecule has 0 amide bonds. The lowest BCUT2D eigenvalue weighted by Crippen LogP contribution is -2.10. The highest BCUT2D eigenvalue weighted by Gasteiger charge is 1.96. The second-order valence-corrected chi connectivity index (χ2v) is 2.45. The van der Waals surface area contributed by atoms with Crippen molar-refractivity contribution in [2.45, 2.75) is 6.61 Å². The summed E-state index contributed by atoms with van der Waals surface area (Å²) in [6, 6.07) is 1.67. The van der Waals surface area contributed by atoms with E-state index in [4.69, 9.17) is 9.84 Å². The standard InChI is InChI=1S/C8H13N3O2/c1-13-5-4-10-8-9-3-2-7(6-12)11-8/h2-3,12H,4-6H2,1H3,(H,9,10,11). The molecule has 0 spiro atoms. The summed E-state index contributed by atoms with van der Waals surface area (Å²) in [7, 11) is 1.63. The number of anilines is 1. The van der Waals surface area contributed by atoms with Gasteiger partial charge in [0.05, 0.1) is 18.9 Å². The van der Waals surface area contributed by atoms with Gasteiger partial charge in [0.2, 0.25) is 5.95 Å². The Kier molecular flexibility index (Phi) is 4.14. The number of hydrogen-bond acceptors (Lipinski definition) is 5. The molecule has 0 aliphatic carbocycles. The van der Waals surface area contributed by atoms with Gasteiger partial charge in [-0.2, -0.15) is 0 Å². The van der Waals surface area contributed by atoms with E-state index in [9.17, 15) is 0 Å². The predicted octanol–water partition coefficient (Wildman–Crippen LogP) is 0.0272. The molecule has 0 aliphatic heterocycles. The number of methoxy groups -OCH3 is 1. The maximum absolute atomic E-state index is 8.79. The van der Waals surface area contributed by atoms with Crippen LogP contribution in [0, 0.1) is 0 Å². The molecular weight excluding hydrogens is 170 g/mol. The van der Waals surface area contributed by atoms with Gasteiger partial charge in [-0.1, -0.05) is 0 Å². The first-order valence-electron chi connectivity index (χ1n) is 4.02. The average molecular weight is 183 g/mol. The molecule has 0 aliphatic rings. The van der Waals surface area contributed by atoms with Crippen molar-refractivity contribution in [3.63, 3.8) is 0 Å². The van der Waals surface area contributed by atoms with Gasteiger partial charge in [0.25, 0.3) is 0 Å². The number of hydrogen-bond donors (Lipinski definition) is 2. The molecule has 0 unspecified atom stereocenters. The van der Waals surface area contributed by atoms with E-state index in [1.807, 2.05) is 0 Å². The molecular formula is C8H13N3O2. The van der Waals surface area contributed by atoms with E-state index < -0.39 is 0 Å². The fraction of sp³-hybridized carbons (Fsp3) is 0.500. The van der Waals surface area contributed by atoms with Gasteiger partial charge >= 0.3 is 0 Å². The van der Waals surface area contributed by atoms with Crippen LogP contribution in [0.4, 0.5) is 5.95 Å². The van der Waals surface area contributed by atoms with Crippen LogP contribution in [0.5, 0.6) is 0 Å². The smallest absolute Gasteiger partial charge is 0.223 e. The predicted molar refractivity (Wildman–Crippen MR) is 48.3 cm³/mol. The first-order chi connectivity index (χ1) is 6.36. The molecule has 5 nitrogen and oxygen atoms in total. The van der Waals surface area contributed by atoms with E-state index in [-0.39, 0.29) is 6.61 Å². The number of aliphatic hydroxyl groups is 1. The van der Waals surface area contributed by atoms with E-state index in [2.05, 4.69) is 15.3 Å². The summed E-state index contributed by atoms with van der Waals surface area (Å²) < 4.78 is 4.85. The molecule has 0 radical (unpaired) electrons. The summed E-state index contributed by atoms with van der Waals surface area (Å²) in [6.07, 6.45) is 1.60. The summed E-state index contributed by atoms with van der Waals surface area (Å²) in [5, 5.41) is 11.8. The molecule has 72 valence electrons. The molecule has 13 heavy (non-hydrogen) atoms. The molecule has 5 heteroatoms. The van der Waals surface area contributed by atoms with Crippen LogP contribution in [0.3, 0.4) is 0 Å². The Morgan fingerprint density at radius 3 is 3.15 bits per heavy atom. The fourth-order valence-electron chi connectivity index (χ4n) is 0.834.